The lowest BCUT2D eigenvalue weighted by molar-refractivity contribution is 0.204. The van der Waals surface area contributed by atoms with E-state index in [-0.39, 0.29) is 0 Å². The van der Waals surface area contributed by atoms with Crippen molar-refractivity contribution < 1.29 is 4.74 Å². The van der Waals surface area contributed by atoms with Gasteiger partial charge in [0.1, 0.15) is 17.9 Å². The molecule has 5 rings (SSSR count). The highest BCUT2D eigenvalue weighted by molar-refractivity contribution is 7.71. The van der Waals surface area contributed by atoms with Gasteiger partial charge in [-0.3, -0.25) is 0 Å². The third-order valence-corrected chi connectivity index (χ3v) is 6.91. The Morgan fingerprint density at radius 2 is 1.97 bits per heavy atom. The maximum atomic E-state index is 6.17. The molecule has 0 amide bonds. The third-order valence-electron chi connectivity index (χ3n) is 6.59. The molecule has 1 aliphatic heterocycles. The normalized spacial score (nSPS) is 14.6. The zero-order valence-corrected chi connectivity index (χ0v) is 20.5. The summed E-state index contributed by atoms with van der Waals surface area (Å²) in [4.78, 5) is 14.9. The van der Waals surface area contributed by atoms with E-state index in [1.165, 1.54) is 32.4 Å². The summed E-state index contributed by atoms with van der Waals surface area (Å²) in [6.45, 7) is 7.84. The van der Waals surface area contributed by atoms with Crippen molar-refractivity contribution in [1.82, 2.24) is 24.4 Å². The number of ether oxygens (including phenoxy) is 1. The van der Waals surface area contributed by atoms with Gasteiger partial charge < -0.3 is 24.5 Å². The average molecular weight is 477 g/mol. The number of anilines is 1. The van der Waals surface area contributed by atoms with Crippen LogP contribution >= 0.6 is 12.2 Å². The quantitative estimate of drug-likeness (QED) is 0.245. The van der Waals surface area contributed by atoms with Crippen molar-refractivity contribution in [2.24, 2.45) is 0 Å². The smallest absolute Gasteiger partial charge is 0.178 e. The van der Waals surface area contributed by atoms with Crippen LogP contribution in [0.1, 0.15) is 38.2 Å². The number of fused-ring (bicyclic) bond motifs is 2. The van der Waals surface area contributed by atoms with Crippen molar-refractivity contribution in [2.75, 3.05) is 31.6 Å². The molecule has 178 valence electrons. The van der Waals surface area contributed by atoms with E-state index in [2.05, 4.69) is 54.9 Å². The van der Waals surface area contributed by atoms with Crippen molar-refractivity contribution >= 4 is 40.0 Å². The number of aromatic nitrogens is 4. The minimum atomic E-state index is 0.623. The van der Waals surface area contributed by atoms with Crippen LogP contribution in [0.25, 0.3) is 21.9 Å². The Morgan fingerprint density at radius 1 is 1.12 bits per heavy atom. The molecule has 3 heterocycles. The van der Waals surface area contributed by atoms with E-state index in [4.69, 9.17) is 17.0 Å². The summed E-state index contributed by atoms with van der Waals surface area (Å²) in [5.41, 5.74) is 4.07. The van der Waals surface area contributed by atoms with Gasteiger partial charge in [-0.15, -0.1) is 0 Å². The van der Waals surface area contributed by atoms with Gasteiger partial charge in [0.2, 0.25) is 0 Å². The number of hydrogen-bond acceptors (Lipinski definition) is 6. The van der Waals surface area contributed by atoms with Gasteiger partial charge in [0.05, 0.1) is 23.2 Å². The van der Waals surface area contributed by atoms with Gasteiger partial charge in [0, 0.05) is 30.6 Å². The predicted octanol–water partition coefficient (Wildman–Crippen LogP) is 5.53. The van der Waals surface area contributed by atoms with Crippen LogP contribution in [0.2, 0.25) is 0 Å². The number of H-pyrrole nitrogens is 1. The van der Waals surface area contributed by atoms with Crippen LogP contribution in [0.5, 0.6) is 5.75 Å². The summed E-state index contributed by atoms with van der Waals surface area (Å²) in [6, 6.07) is 12.4. The fraction of sp³-hybridized carbons (Fsp3) is 0.423. The Morgan fingerprint density at radius 3 is 2.82 bits per heavy atom. The summed E-state index contributed by atoms with van der Waals surface area (Å²) >= 11 is 5.47. The highest BCUT2D eigenvalue weighted by Gasteiger charge is 2.12. The first-order valence-electron chi connectivity index (χ1n) is 12.3. The van der Waals surface area contributed by atoms with Crippen LogP contribution in [-0.4, -0.2) is 50.7 Å². The number of aromatic amines is 1. The number of nitrogens with zero attached hydrogens (tertiary/aromatic N) is 4. The molecule has 2 N–H and O–H groups in total. The number of benzene rings is 2. The Hall–Kier alpha value is -2.97. The van der Waals surface area contributed by atoms with Gasteiger partial charge in [-0.2, -0.15) is 0 Å². The van der Waals surface area contributed by atoms with Crippen molar-refractivity contribution in [3.8, 4) is 5.75 Å². The lowest BCUT2D eigenvalue weighted by Crippen LogP contribution is -2.31. The van der Waals surface area contributed by atoms with Crippen LogP contribution in [0.3, 0.4) is 0 Å². The lowest BCUT2D eigenvalue weighted by atomic mass is 10.1. The highest BCUT2D eigenvalue weighted by Crippen LogP contribution is 2.27. The zero-order chi connectivity index (χ0) is 23.3. The molecule has 0 saturated carbocycles. The summed E-state index contributed by atoms with van der Waals surface area (Å²) < 4.78 is 8.98. The molecule has 34 heavy (non-hydrogen) atoms. The number of aryl methyl sites for hydroxylation is 1. The van der Waals surface area contributed by atoms with E-state index >= 15 is 0 Å². The molecule has 2 aromatic heterocycles. The van der Waals surface area contributed by atoms with Crippen molar-refractivity contribution in [1.29, 1.82) is 0 Å². The molecule has 0 atom stereocenters. The molecule has 0 radical (unpaired) electrons. The van der Waals surface area contributed by atoms with E-state index in [9.17, 15) is 0 Å². The molecular weight excluding hydrogens is 444 g/mol. The molecule has 1 saturated heterocycles. The Kier molecular flexibility index (Phi) is 7.06. The molecule has 8 heteroatoms. The number of rotatable bonds is 9. The first-order valence-corrected chi connectivity index (χ1v) is 12.7. The van der Waals surface area contributed by atoms with E-state index in [0.29, 0.717) is 6.54 Å². The average Bonchev–Trinajstić information content (AvgIpc) is 3.18. The number of nitrogens with one attached hydrogen (secondary N) is 2. The summed E-state index contributed by atoms with van der Waals surface area (Å²) in [6.07, 6.45) is 6.69. The minimum absolute atomic E-state index is 0.623. The van der Waals surface area contributed by atoms with E-state index < -0.39 is 0 Å². The third kappa shape index (κ3) is 4.93. The second-order valence-corrected chi connectivity index (χ2v) is 9.24. The SMILES string of the molecule is CCn1c(=S)[nH]c2cc3c(NCc4ccccc4OCCCN4CCCCC4)ncnc3cc21. The number of hydrogen-bond donors (Lipinski definition) is 2. The highest BCUT2D eigenvalue weighted by atomic mass is 32.1. The number of piperidine rings is 1. The molecule has 0 bridgehead atoms. The molecule has 1 aliphatic rings. The monoisotopic (exact) mass is 476 g/mol. The van der Waals surface area contributed by atoms with Gasteiger partial charge in [0.15, 0.2) is 4.77 Å². The summed E-state index contributed by atoms with van der Waals surface area (Å²) in [5.74, 6) is 1.73. The predicted molar refractivity (Wildman–Crippen MR) is 140 cm³/mol. The maximum absolute atomic E-state index is 6.17. The van der Waals surface area contributed by atoms with Crippen molar-refractivity contribution in [3.05, 3.63) is 53.1 Å². The zero-order valence-electron chi connectivity index (χ0n) is 19.7. The molecule has 1 fully saturated rings. The van der Waals surface area contributed by atoms with Gasteiger partial charge in [-0.1, -0.05) is 24.6 Å². The summed E-state index contributed by atoms with van der Waals surface area (Å²) in [5, 5.41) is 4.47. The molecule has 2 aromatic carbocycles. The van der Waals surface area contributed by atoms with Crippen LogP contribution < -0.4 is 10.1 Å². The first-order chi connectivity index (χ1) is 16.7. The molecule has 0 aliphatic carbocycles. The molecule has 0 spiro atoms. The second-order valence-electron chi connectivity index (χ2n) is 8.85. The largest absolute Gasteiger partial charge is 0.493 e. The van der Waals surface area contributed by atoms with Crippen LogP contribution in [-0.2, 0) is 13.1 Å². The maximum Gasteiger partial charge on any atom is 0.178 e. The Labute approximate surface area is 205 Å². The Bertz CT molecular complexity index is 1320. The van der Waals surface area contributed by atoms with Crippen LogP contribution in [0.15, 0.2) is 42.7 Å². The van der Waals surface area contributed by atoms with E-state index in [1.807, 2.05) is 18.2 Å². The standard InChI is InChI=1S/C26H32N6OS/c1-2-32-23-16-21-20(15-22(23)30-26(32)34)25(29-18-28-21)27-17-19-9-4-5-10-24(19)33-14-8-13-31-11-6-3-7-12-31/h4-5,9-10,15-16,18H,2-3,6-8,11-14,17H2,1H3,(H,30,34)(H,27,28,29). The molecule has 0 unspecified atom stereocenters. The van der Waals surface area contributed by atoms with E-state index in [0.717, 1.165) is 70.0 Å². The number of para-hydroxylation sites is 1. The number of imidazole rings is 1. The topological polar surface area (TPSA) is 71.0 Å². The fourth-order valence-electron chi connectivity index (χ4n) is 4.79. The molecular formula is C26H32N6OS. The Balaban J connectivity index is 1.28. The fourth-order valence-corrected chi connectivity index (χ4v) is 5.12. The van der Waals surface area contributed by atoms with Gasteiger partial charge in [0.25, 0.3) is 0 Å². The van der Waals surface area contributed by atoms with E-state index in [1.54, 1.807) is 6.33 Å². The lowest BCUT2D eigenvalue weighted by Gasteiger charge is -2.26. The van der Waals surface area contributed by atoms with Crippen molar-refractivity contribution in [2.45, 2.75) is 45.7 Å². The van der Waals surface area contributed by atoms with Gasteiger partial charge >= 0.3 is 0 Å². The van der Waals surface area contributed by atoms with Crippen LogP contribution in [0.4, 0.5) is 5.82 Å². The first kappa shape index (κ1) is 22.8. The number of likely N-dealkylation sites (tertiary alicyclic amines) is 1. The minimum Gasteiger partial charge on any atom is -0.493 e. The summed E-state index contributed by atoms with van der Waals surface area (Å²) in [7, 11) is 0. The van der Waals surface area contributed by atoms with Gasteiger partial charge in [-0.05, 0) is 69.7 Å². The van der Waals surface area contributed by atoms with Crippen LogP contribution in [0, 0.1) is 4.77 Å². The second kappa shape index (κ2) is 10.5. The van der Waals surface area contributed by atoms with Crippen molar-refractivity contribution in [3.63, 3.8) is 0 Å². The molecule has 7 nitrogen and oxygen atoms in total. The van der Waals surface area contributed by atoms with Gasteiger partial charge in [-0.25, -0.2) is 9.97 Å². The molecule has 4 aromatic rings.